The van der Waals surface area contributed by atoms with E-state index >= 15 is 0 Å². The fourth-order valence-electron chi connectivity index (χ4n) is 4.27. The third-order valence-electron chi connectivity index (χ3n) is 6.44. The monoisotopic (exact) mass is 521 g/mol. The van der Waals surface area contributed by atoms with Crippen molar-refractivity contribution >= 4 is 23.6 Å². The molecule has 1 heterocycles. The van der Waals surface area contributed by atoms with Crippen molar-refractivity contribution in [2.24, 2.45) is 5.92 Å². The smallest absolute Gasteiger partial charge is 0.336 e. The van der Waals surface area contributed by atoms with Gasteiger partial charge in [-0.15, -0.1) is 11.8 Å². The average molecular weight is 522 g/mol. The Bertz CT molecular complexity index is 1210. The Morgan fingerprint density at radius 2 is 1.57 bits per heavy atom. The maximum absolute atomic E-state index is 11.7. The topological polar surface area (TPSA) is 105 Å². The summed E-state index contributed by atoms with van der Waals surface area (Å²) in [7, 11) is 0. The van der Waals surface area contributed by atoms with Crippen molar-refractivity contribution in [3.8, 4) is 0 Å². The number of carboxylic acid groups (broad SMARTS) is 1. The molecule has 194 valence electrons. The van der Waals surface area contributed by atoms with Gasteiger partial charge in [0.1, 0.15) is 0 Å². The van der Waals surface area contributed by atoms with Gasteiger partial charge in [0.05, 0.1) is 24.4 Å². The maximum atomic E-state index is 11.7. The molecule has 4 atom stereocenters. The van der Waals surface area contributed by atoms with Gasteiger partial charge >= 0.3 is 5.97 Å². The molecule has 1 fully saturated rings. The second-order valence-corrected chi connectivity index (χ2v) is 10.1. The zero-order valence-electron chi connectivity index (χ0n) is 20.8. The van der Waals surface area contributed by atoms with Crippen LogP contribution in [0.15, 0.2) is 77.7 Å². The van der Waals surface area contributed by atoms with Crippen LogP contribution in [0.2, 0.25) is 0 Å². The summed E-state index contributed by atoms with van der Waals surface area (Å²) in [6.45, 7) is 3.98. The van der Waals surface area contributed by atoms with Crippen molar-refractivity contribution in [3.05, 3.63) is 101 Å². The Hall–Kier alpha value is -3.17. The van der Waals surface area contributed by atoms with Crippen molar-refractivity contribution in [2.75, 3.05) is 5.75 Å². The molecule has 3 aromatic rings. The molecule has 0 unspecified atom stereocenters. The lowest BCUT2D eigenvalue weighted by Crippen LogP contribution is -2.38. The number of nitrogens with one attached hydrogen (secondary N) is 1. The molecule has 0 bridgehead atoms. The number of ether oxygens (including phenoxy) is 2. The van der Waals surface area contributed by atoms with E-state index in [9.17, 15) is 19.8 Å². The van der Waals surface area contributed by atoms with Gasteiger partial charge in [-0.05, 0) is 28.8 Å². The van der Waals surface area contributed by atoms with Crippen LogP contribution in [0.1, 0.15) is 58.9 Å². The molecule has 8 heteroatoms. The van der Waals surface area contributed by atoms with Crippen LogP contribution in [-0.2, 0) is 27.4 Å². The van der Waals surface area contributed by atoms with Gasteiger partial charge in [0, 0.05) is 35.6 Å². The van der Waals surface area contributed by atoms with Gasteiger partial charge in [-0.1, -0.05) is 67.6 Å². The molecule has 7 nitrogen and oxygen atoms in total. The van der Waals surface area contributed by atoms with E-state index in [1.807, 2.05) is 60.7 Å². The summed E-state index contributed by atoms with van der Waals surface area (Å²) in [5.74, 6) is -0.503. The molecule has 37 heavy (non-hydrogen) atoms. The molecule has 0 aliphatic carbocycles. The van der Waals surface area contributed by atoms with E-state index < -0.39 is 12.3 Å². The first kappa shape index (κ1) is 26.9. The molecule has 1 saturated heterocycles. The van der Waals surface area contributed by atoms with Gasteiger partial charge in [-0.2, -0.15) is 0 Å². The number of rotatable bonds is 9. The molecule has 3 N–H and O–H groups in total. The molecule has 0 aromatic heterocycles. The van der Waals surface area contributed by atoms with Crippen molar-refractivity contribution in [3.63, 3.8) is 0 Å². The molecule has 0 radical (unpaired) electrons. The number of thioether (sulfide) groups is 1. The van der Waals surface area contributed by atoms with Crippen LogP contribution < -0.4 is 5.32 Å². The van der Waals surface area contributed by atoms with Gasteiger partial charge in [0.15, 0.2) is 6.29 Å². The zero-order valence-corrected chi connectivity index (χ0v) is 21.6. The Morgan fingerprint density at radius 3 is 2.22 bits per heavy atom. The number of amides is 1. The lowest BCUT2D eigenvalue weighted by molar-refractivity contribution is -0.268. The van der Waals surface area contributed by atoms with E-state index in [1.165, 1.54) is 18.7 Å². The van der Waals surface area contributed by atoms with Crippen molar-refractivity contribution in [1.82, 2.24) is 5.32 Å². The predicted molar refractivity (Wildman–Crippen MR) is 141 cm³/mol. The number of carbonyl (C=O) groups excluding carboxylic acids is 1. The quantitative estimate of drug-likeness (QED) is 0.337. The molecule has 4 rings (SSSR count). The molecule has 0 spiro atoms. The molecule has 1 amide bonds. The van der Waals surface area contributed by atoms with Gasteiger partial charge in [-0.25, -0.2) is 4.79 Å². The number of hydrogen-bond donors (Lipinski definition) is 3. The van der Waals surface area contributed by atoms with Crippen LogP contribution in [0.5, 0.6) is 0 Å². The number of benzene rings is 3. The first-order valence-electron chi connectivity index (χ1n) is 12.1. The Morgan fingerprint density at radius 1 is 0.919 bits per heavy atom. The summed E-state index contributed by atoms with van der Waals surface area (Å²) in [6.07, 6.45) is -1.09. The first-order chi connectivity index (χ1) is 17.9. The van der Waals surface area contributed by atoms with Gasteiger partial charge < -0.3 is 25.0 Å². The summed E-state index contributed by atoms with van der Waals surface area (Å²) in [4.78, 5) is 23.6. The third-order valence-corrected chi connectivity index (χ3v) is 7.60. The molecule has 3 aromatic carbocycles. The number of aromatic carboxylic acids is 1. The standard InChI is InChI=1S/C29H31NO6S/c1-18-25(17-37-26-6-4-3-5-24(26)28(33)34)35-29(23-13-7-20(8-14-23)15-30-19(2)32)36-27(18)22-11-9-21(16-31)10-12-22/h3-14,18,25,27,29,31H,15-17H2,1-2H3,(H,30,32)(H,33,34)/t18-,25+,27+,29+/m1/s1. The first-order valence-corrected chi connectivity index (χ1v) is 13.1. The summed E-state index contributed by atoms with van der Waals surface area (Å²) in [5.41, 5.74) is 3.91. The van der Waals surface area contributed by atoms with Crippen LogP contribution >= 0.6 is 11.8 Å². The van der Waals surface area contributed by atoms with Crippen molar-refractivity contribution in [2.45, 2.75) is 50.4 Å². The lowest BCUT2D eigenvalue weighted by Gasteiger charge is -2.41. The Balaban J connectivity index is 1.57. The molecule has 0 saturated carbocycles. The largest absolute Gasteiger partial charge is 0.478 e. The third kappa shape index (κ3) is 6.78. The second-order valence-electron chi connectivity index (χ2n) is 9.09. The fourth-order valence-corrected chi connectivity index (χ4v) is 5.48. The number of aliphatic hydroxyl groups is 1. The second kappa shape index (κ2) is 12.4. The van der Waals surface area contributed by atoms with Crippen LogP contribution in [0.25, 0.3) is 0 Å². The minimum Gasteiger partial charge on any atom is -0.478 e. The van der Waals surface area contributed by atoms with Gasteiger partial charge in [-0.3, -0.25) is 4.79 Å². The van der Waals surface area contributed by atoms with Gasteiger partial charge in [0.25, 0.3) is 0 Å². The van der Waals surface area contributed by atoms with Crippen LogP contribution in [-0.4, -0.2) is 33.9 Å². The Kier molecular flexibility index (Phi) is 9.00. The summed E-state index contributed by atoms with van der Waals surface area (Å²) in [6, 6.07) is 22.4. The van der Waals surface area contributed by atoms with E-state index in [-0.39, 0.29) is 36.2 Å². The van der Waals surface area contributed by atoms with Crippen LogP contribution in [0.3, 0.4) is 0 Å². The minimum absolute atomic E-state index is 0.0141. The predicted octanol–water partition coefficient (Wildman–Crippen LogP) is 5.10. The highest BCUT2D eigenvalue weighted by atomic mass is 32.2. The molecular formula is C29H31NO6S. The number of hydrogen-bond acceptors (Lipinski definition) is 6. The highest BCUT2D eigenvalue weighted by Gasteiger charge is 2.38. The van der Waals surface area contributed by atoms with Gasteiger partial charge in [0.2, 0.25) is 5.91 Å². The van der Waals surface area contributed by atoms with Crippen LogP contribution in [0.4, 0.5) is 0 Å². The van der Waals surface area contributed by atoms with E-state index in [0.29, 0.717) is 17.2 Å². The van der Waals surface area contributed by atoms with Crippen LogP contribution in [0, 0.1) is 5.92 Å². The number of carboxylic acids is 1. The van der Waals surface area contributed by atoms with E-state index in [2.05, 4.69) is 12.2 Å². The van der Waals surface area contributed by atoms with Crippen molar-refractivity contribution < 1.29 is 29.3 Å². The lowest BCUT2D eigenvalue weighted by atomic mass is 9.91. The fraction of sp³-hybridized carbons (Fsp3) is 0.310. The van der Waals surface area contributed by atoms with E-state index in [0.717, 1.165) is 22.3 Å². The Labute approximate surface area is 220 Å². The summed E-state index contributed by atoms with van der Waals surface area (Å²) in [5, 5.41) is 21.8. The average Bonchev–Trinajstić information content (AvgIpc) is 2.92. The normalized spacial score (nSPS) is 21.4. The molecular weight excluding hydrogens is 490 g/mol. The van der Waals surface area contributed by atoms with E-state index in [4.69, 9.17) is 9.47 Å². The van der Waals surface area contributed by atoms with E-state index in [1.54, 1.807) is 12.1 Å². The highest BCUT2D eigenvalue weighted by Crippen LogP contribution is 2.43. The SMILES string of the molecule is CC(=O)NCc1ccc([C@H]2O[C@@H](CSc3ccccc3C(=O)O)[C@@H](C)[C@@H](c3ccc(CO)cc3)O2)cc1. The summed E-state index contributed by atoms with van der Waals surface area (Å²) >= 11 is 1.46. The molecule has 1 aliphatic rings. The maximum Gasteiger partial charge on any atom is 0.336 e. The zero-order chi connectivity index (χ0) is 26.4. The molecule has 1 aliphatic heterocycles. The number of aliphatic hydroxyl groups excluding tert-OH is 1. The van der Waals surface area contributed by atoms with Crippen molar-refractivity contribution in [1.29, 1.82) is 0 Å². The number of carbonyl (C=O) groups is 2. The minimum atomic E-state index is -0.955. The summed E-state index contributed by atoms with van der Waals surface area (Å²) < 4.78 is 12.9. The highest BCUT2D eigenvalue weighted by molar-refractivity contribution is 7.99.